The van der Waals surface area contributed by atoms with Gasteiger partial charge in [0.1, 0.15) is 6.61 Å². The summed E-state index contributed by atoms with van der Waals surface area (Å²) >= 11 is 0. The number of hydrogen-bond acceptors (Lipinski definition) is 2. The molecule has 2 nitrogen and oxygen atoms in total. The Bertz CT molecular complexity index is 177. The number of ether oxygens (including phenoxy) is 1. The van der Waals surface area contributed by atoms with Crippen molar-refractivity contribution < 1.29 is 13.5 Å². The minimum Gasteiger partial charge on any atom is -0.368 e. The first-order valence-electron chi connectivity index (χ1n) is 6.20. The van der Waals surface area contributed by atoms with Crippen molar-refractivity contribution in [3.05, 3.63) is 0 Å². The number of halogens is 2. The maximum absolute atomic E-state index is 12.2. The van der Waals surface area contributed by atoms with E-state index in [1.807, 2.05) is 0 Å². The monoisotopic (exact) mass is 235 g/mol. The molecule has 1 saturated carbocycles. The summed E-state index contributed by atoms with van der Waals surface area (Å²) in [4.78, 5) is 0. The zero-order chi connectivity index (χ0) is 12.0. The van der Waals surface area contributed by atoms with E-state index in [1.165, 1.54) is 6.42 Å². The zero-order valence-corrected chi connectivity index (χ0v) is 10.3. The lowest BCUT2D eigenvalue weighted by atomic mass is 9.84. The number of nitrogens with one attached hydrogen (secondary N) is 1. The Kier molecular flexibility index (Phi) is 5.62. The molecular formula is C12H23F2NO. The first kappa shape index (κ1) is 13.8. The van der Waals surface area contributed by atoms with Gasteiger partial charge in [0.15, 0.2) is 0 Å². The Morgan fingerprint density at radius 3 is 2.31 bits per heavy atom. The molecule has 1 N–H and O–H groups in total. The van der Waals surface area contributed by atoms with Crippen molar-refractivity contribution in [1.82, 2.24) is 5.32 Å². The molecule has 0 aromatic rings. The van der Waals surface area contributed by atoms with Gasteiger partial charge >= 0.3 is 0 Å². The van der Waals surface area contributed by atoms with Gasteiger partial charge in [0.2, 0.25) is 0 Å². The molecule has 16 heavy (non-hydrogen) atoms. The molecule has 0 unspecified atom stereocenters. The largest absolute Gasteiger partial charge is 0.368 e. The Hall–Kier alpha value is -0.220. The Morgan fingerprint density at radius 2 is 1.81 bits per heavy atom. The maximum atomic E-state index is 12.2. The second-order valence-electron chi connectivity index (χ2n) is 4.98. The van der Waals surface area contributed by atoms with E-state index >= 15 is 0 Å². The second-order valence-corrected chi connectivity index (χ2v) is 4.98. The number of alkyl halides is 2. The smallest absolute Gasteiger partial charge is 0.261 e. The molecule has 0 amide bonds. The topological polar surface area (TPSA) is 21.3 Å². The van der Waals surface area contributed by atoms with Gasteiger partial charge in [-0.05, 0) is 12.8 Å². The second kappa shape index (κ2) is 6.50. The van der Waals surface area contributed by atoms with Gasteiger partial charge in [0.25, 0.3) is 6.43 Å². The van der Waals surface area contributed by atoms with Crippen LogP contribution in [0.2, 0.25) is 0 Å². The predicted molar refractivity (Wildman–Crippen MR) is 60.9 cm³/mol. The maximum Gasteiger partial charge on any atom is 0.261 e. The third-order valence-electron chi connectivity index (χ3n) is 3.11. The van der Waals surface area contributed by atoms with Gasteiger partial charge < -0.3 is 10.1 Å². The molecule has 0 aromatic heterocycles. The third-order valence-corrected chi connectivity index (χ3v) is 3.11. The molecule has 4 heteroatoms. The molecule has 0 aliphatic heterocycles. The van der Waals surface area contributed by atoms with Crippen LogP contribution in [0.5, 0.6) is 0 Å². The quantitative estimate of drug-likeness (QED) is 0.764. The van der Waals surface area contributed by atoms with Crippen LogP contribution < -0.4 is 5.32 Å². The van der Waals surface area contributed by atoms with Crippen molar-refractivity contribution in [3.63, 3.8) is 0 Å². The Labute approximate surface area is 96.7 Å². The molecule has 0 radical (unpaired) electrons. The molecule has 0 bridgehead atoms. The lowest BCUT2D eigenvalue weighted by Crippen LogP contribution is -2.47. The highest BCUT2D eigenvalue weighted by Gasteiger charge is 2.33. The average Bonchev–Trinajstić information content (AvgIpc) is 2.25. The van der Waals surface area contributed by atoms with Crippen LogP contribution in [0.4, 0.5) is 8.78 Å². The van der Waals surface area contributed by atoms with Crippen LogP contribution in [-0.2, 0) is 4.74 Å². The van der Waals surface area contributed by atoms with Crippen molar-refractivity contribution in [2.45, 2.75) is 64.0 Å². The summed E-state index contributed by atoms with van der Waals surface area (Å²) in [6, 6.07) is 0.369. The minimum absolute atomic E-state index is 0.348. The van der Waals surface area contributed by atoms with Crippen LogP contribution >= 0.6 is 0 Å². The van der Waals surface area contributed by atoms with Gasteiger partial charge in [-0.3, -0.25) is 0 Å². The van der Waals surface area contributed by atoms with Crippen LogP contribution in [-0.4, -0.2) is 31.2 Å². The molecule has 96 valence electrons. The lowest BCUT2D eigenvalue weighted by molar-refractivity contribution is -0.106. The summed E-state index contributed by atoms with van der Waals surface area (Å²) in [5.41, 5.74) is -0.348. The molecule has 1 rings (SSSR count). The summed E-state index contributed by atoms with van der Waals surface area (Å²) in [6.45, 7) is 4.38. The molecule has 1 aliphatic carbocycles. The molecule has 1 fully saturated rings. The molecular weight excluding hydrogens is 212 g/mol. The lowest BCUT2D eigenvalue weighted by Gasteiger charge is -2.38. The zero-order valence-electron chi connectivity index (χ0n) is 10.3. The molecule has 0 atom stereocenters. The standard InChI is InChI=1S/C12H23F2NO/c1-10(2)15-9-12(16-8-11(13)14)6-4-3-5-7-12/h10-11,15H,3-9H2,1-2H3. The fraction of sp³-hybridized carbons (Fsp3) is 1.00. The van der Waals surface area contributed by atoms with Crippen molar-refractivity contribution in [2.75, 3.05) is 13.2 Å². The van der Waals surface area contributed by atoms with Crippen molar-refractivity contribution >= 4 is 0 Å². The van der Waals surface area contributed by atoms with Crippen LogP contribution in [0.1, 0.15) is 46.0 Å². The molecule has 0 saturated heterocycles. The summed E-state index contributed by atoms with van der Waals surface area (Å²) < 4.78 is 29.9. The van der Waals surface area contributed by atoms with E-state index < -0.39 is 13.0 Å². The highest BCUT2D eigenvalue weighted by Crippen LogP contribution is 2.31. The van der Waals surface area contributed by atoms with E-state index in [9.17, 15) is 8.78 Å². The van der Waals surface area contributed by atoms with Crippen molar-refractivity contribution in [2.24, 2.45) is 0 Å². The van der Waals surface area contributed by atoms with Crippen LogP contribution in [0.15, 0.2) is 0 Å². The summed E-state index contributed by atoms with van der Waals surface area (Å²) in [7, 11) is 0. The molecule has 0 aromatic carbocycles. The van der Waals surface area contributed by atoms with Gasteiger partial charge in [0, 0.05) is 12.6 Å². The fourth-order valence-electron chi connectivity index (χ4n) is 2.20. The molecule has 0 heterocycles. The first-order valence-corrected chi connectivity index (χ1v) is 6.20. The van der Waals surface area contributed by atoms with Crippen molar-refractivity contribution in [3.8, 4) is 0 Å². The van der Waals surface area contributed by atoms with E-state index in [0.29, 0.717) is 12.6 Å². The Morgan fingerprint density at radius 1 is 1.19 bits per heavy atom. The van der Waals surface area contributed by atoms with E-state index in [-0.39, 0.29) is 5.60 Å². The van der Waals surface area contributed by atoms with Gasteiger partial charge in [-0.15, -0.1) is 0 Å². The highest BCUT2D eigenvalue weighted by molar-refractivity contribution is 4.87. The molecule has 1 aliphatic rings. The third kappa shape index (κ3) is 4.74. The number of hydrogen-bond donors (Lipinski definition) is 1. The first-order chi connectivity index (χ1) is 7.54. The van der Waals surface area contributed by atoms with Gasteiger partial charge in [0.05, 0.1) is 5.60 Å². The van der Waals surface area contributed by atoms with Gasteiger partial charge in [-0.2, -0.15) is 0 Å². The van der Waals surface area contributed by atoms with Gasteiger partial charge in [-0.1, -0.05) is 33.1 Å². The SMILES string of the molecule is CC(C)NCC1(OCC(F)F)CCCCC1. The minimum atomic E-state index is -2.36. The van der Waals surface area contributed by atoms with E-state index in [2.05, 4.69) is 19.2 Å². The van der Waals surface area contributed by atoms with E-state index in [0.717, 1.165) is 25.7 Å². The highest BCUT2D eigenvalue weighted by atomic mass is 19.3. The van der Waals surface area contributed by atoms with Crippen LogP contribution in [0, 0.1) is 0 Å². The Balaban J connectivity index is 2.45. The van der Waals surface area contributed by atoms with E-state index in [1.54, 1.807) is 0 Å². The summed E-state index contributed by atoms with van der Waals surface area (Å²) in [5.74, 6) is 0. The summed E-state index contributed by atoms with van der Waals surface area (Å²) in [6.07, 6.45) is 2.81. The fourth-order valence-corrected chi connectivity index (χ4v) is 2.20. The van der Waals surface area contributed by atoms with E-state index in [4.69, 9.17) is 4.74 Å². The van der Waals surface area contributed by atoms with Gasteiger partial charge in [-0.25, -0.2) is 8.78 Å². The van der Waals surface area contributed by atoms with Crippen molar-refractivity contribution in [1.29, 1.82) is 0 Å². The van der Waals surface area contributed by atoms with Crippen LogP contribution in [0.25, 0.3) is 0 Å². The number of rotatable bonds is 6. The predicted octanol–water partition coefficient (Wildman–Crippen LogP) is 2.97. The van der Waals surface area contributed by atoms with Crippen LogP contribution in [0.3, 0.4) is 0 Å². The average molecular weight is 235 g/mol. The molecule has 0 spiro atoms. The summed E-state index contributed by atoms with van der Waals surface area (Å²) in [5, 5.41) is 3.31. The normalized spacial score (nSPS) is 20.6.